The second kappa shape index (κ2) is 6.00. The Morgan fingerprint density at radius 2 is 1.95 bits per heavy atom. The Balaban J connectivity index is 2.61. The molecule has 2 aromatic carbocycles. The Morgan fingerprint density at radius 3 is 2.52 bits per heavy atom. The maximum atomic E-state index is 12.6. The van der Waals surface area contributed by atoms with E-state index in [1.165, 1.54) is 12.1 Å². The van der Waals surface area contributed by atoms with Crippen LogP contribution in [-0.4, -0.2) is 10.7 Å². The van der Waals surface area contributed by atoms with E-state index in [1.54, 1.807) is 36.4 Å². The average molecular weight is 282 g/mol. The van der Waals surface area contributed by atoms with Gasteiger partial charge in [0.25, 0.3) is 5.69 Å². The first-order chi connectivity index (χ1) is 10.0. The zero-order valence-corrected chi connectivity index (χ0v) is 11.3. The second-order valence-electron chi connectivity index (χ2n) is 4.51. The molecular weight excluding hydrogens is 268 g/mol. The predicted molar refractivity (Wildman–Crippen MR) is 81.3 cm³/mol. The number of allylic oxidation sites excluding steroid dienone is 1. The van der Waals surface area contributed by atoms with Crippen LogP contribution in [-0.2, 0) is 6.42 Å². The molecule has 0 aliphatic carbocycles. The van der Waals surface area contributed by atoms with Gasteiger partial charge in [-0.3, -0.25) is 14.9 Å². The van der Waals surface area contributed by atoms with Crippen LogP contribution in [0.3, 0.4) is 0 Å². The van der Waals surface area contributed by atoms with Crippen molar-refractivity contribution in [3.8, 4) is 0 Å². The van der Waals surface area contributed by atoms with E-state index in [9.17, 15) is 14.9 Å². The number of nitrogen functional groups attached to an aromatic ring is 1. The van der Waals surface area contributed by atoms with Gasteiger partial charge in [-0.15, -0.1) is 6.58 Å². The SMILES string of the molecule is C=CCc1c(N)cc([N+](=O)[O-])cc1C(=O)c1ccccc1. The molecular formula is C16H14N2O3. The molecule has 106 valence electrons. The Morgan fingerprint density at radius 1 is 1.29 bits per heavy atom. The Hall–Kier alpha value is -2.95. The Bertz CT molecular complexity index is 709. The maximum absolute atomic E-state index is 12.6. The number of nitrogens with zero attached hydrogens (tertiary/aromatic N) is 1. The minimum Gasteiger partial charge on any atom is -0.398 e. The van der Waals surface area contributed by atoms with Crippen LogP contribution in [0.4, 0.5) is 11.4 Å². The summed E-state index contributed by atoms with van der Waals surface area (Å²) in [5.41, 5.74) is 7.15. The molecule has 21 heavy (non-hydrogen) atoms. The number of nitro benzene ring substituents is 1. The van der Waals surface area contributed by atoms with Gasteiger partial charge in [-0.05, 0) is 12.0 Å². The molecule has 0 aliphatic rings. The number of non-ortho nitro benzene ring substituents is 1. The summed E-state index contributed by atoms with van der Waals surface area (Å²) in [6, 6.07) is 11.1. The van der Waals surface area contributed by atoms with Crippen molar-refractivity contribution < 1.29 is 9.72 Å². The highest BCUT2D eigenvalue weighted by molar-refractivity contribution is 6.11. The number of carbonyl (C=O) groups is 1. The first kappa shape index (κ1) is 14.5. The maximum Gasteiger partial charge on any atom is 0.272 e. The van der Waals surface area contributed by atoms with Crippen molar-refractivity contribution in [2.24, 2.45) is 0 Å². The minimum atomic E-state index is -0.560. The van der Waals surface area contributed by atoms with Gasteiger partial charge in [0.2, 0.25) is 0 Å². The van der Waals surface area contributed by atoms with Gasteiger partial charge in [0, 0.05) is 28.9 Å². The third kappa shape index (κ3) is 2.97. The van der Waals surface area contributed by atoms with Gasteiger partial charge in [-0.25, -0.2) is 0 Å². The van der Waals surface area contributed by atoms with E-state index in [4.69, 9.17) is 5.73 Å². The second-order valence-corrected chi connectivity index (χ2v) is 4.51. The van der Waals surface area contributed by atoms with Crippen molar-refractivity contribution in [2.45, 2.75) is 6.42 Å². The van der Waals surface area contributed by atoms with Gasteiger partial charge in [-0.1, -0.05) is 36.4 Å². The lowest BCUT2D eigenvalue weighted by molar-refractivity contribution is -0.384. The molecule has 0 saturated heterocycles. The molecule has 0 spiro atoms. The summed E-state index contributed by atoms with van der Waals surface area (Å²) in [5.74, 6) is -0.289. The fraction of sp³-hybridized carbons (Fsp3) is 0.0625. The van der Waals surface area contributed by atoms with Crippen molar-refractivity contribution >= 4 is 17.2 Å². The van der Waals surface area contributed by atoms with E-state index in [2.05, 4.69) is 6.58 Å². The average Bonchev–Trinajstić information content (AvgIpc) is 2.49. The summed E-state index contributed by atoms with van der Waals surface area (Å²) in [4.78, 5) is 22.9. The summed E-state index contributed by atoms with van der Waals surface area (Å²) in [7, 11) is 0. The standard InChI is InChI=1S/C16H14N2O3/c1-2-6-13-14(9-12(18(20)21)10-15(13)17)16(19)11-7-4-3-5-8-11/h2-5,7-10H,1,6,17H2. The van der Waals surface area contributed by atoms with Crippen molar-refractivity contribution in [1.82, 2.24) is 0 Å². The highest BCUT2D eigenvalue weighted by Crippen LogP contribution is 2.27. The van der Waals surface area contributed by atoms with Gasteiger partial charge >= 0.3 is 0 Å². The summed E-state index contributed by atoms with van der Waals surface area (Å²) >= 11 is 0. The van der Waals surface area contributed by atoms with Gasteiger partial charge in [0.05, 0.1) is 4.92 Å². The molecule has 0 aliphatic heterocycles. The van der Waals surface area contributed by atoms with E-state index >= 15 is 0 Å². The number of ketones is 1. The first-order valence-corrected chi connectivity index (χ1v) is 6.32. The quantitative estimate of drug-likeness (QED) is 0.300. The van der Waals surface area contributed by atoms with Gasteiger partial charge in [0.1, 0.15) is 0 Å². The van der Waals surface area contributed by atoms with E-state index < -0.39 is 4.92 Å². The third-order valence-electron chi connectivity index (χ3n) is 3.11. The molecule has 0 bridgehead atoms. The van der Waals surface area contributed by atoms with E-state index in [-0.39, 0.29) is 22.7 Å². The number of rotatable bonds is 5. The summed E-state index contributed by atoms with van der Waals surface area (Å²) < 4.78 is 0. The molecule has 0 saturated carbocycles. The zero-order chi connectivity index (χ0) is 15.4. The van der Waals surface area contributed by atoms with Gasteiger partial charge < -0.3 is 5.73 Å². The minimum absolute atomic E-state index is 0.195. The van der Waals surface area contributed by atoms with Crippen molar-refractivity contribution in [1.29, 1.82) is 0 Å². The van der Waals surface area contributed by atoms with Crippen molar-refractivity contribution in [3.63, 3.8) is 0 Å². The highest BCUT2D eigenvalue weighted by Gasteiger charge is 2.20. The summed E-state index contributed by atoms with van der Waals surface area (Å²) in [6.07, 6.45) is 1.98. The Kier molecular flexibility index (Phi) is 4.13. The lowest BCUT2D eigenvalue weighted by Crippen LogP contribution is -2.09. The smallest absolute Gasteiger partial charge is 0.272 e. The van der Waals surface area contributed by atoms with E-state index in [0.29, 0.717) is 17.5 Å². The van der Waals surface area contributed by atoms with Crippen LogP contribution >= 0.6 is 0 Å². The molecule has 0 aromatic heterocycles. The number of benzene rings is 2. The fourth-order valence-electron chi connectivity index (χ4n) is 2.10. The largest absolute Gasteiger partial charge is 0.398 e. The van der Waals surface area contributed by atoms with E-state index in [1.807, 2.05) is 0 Å². The molecule has 0 amide bonds. The number of nitrogens with two attached hydrogens (primary N) is 1. The van der Waals surface area contributed by atoms with E-state index in [0.717, 1.165) is 0 Å². The normalized spacial score (nSPS) is 10.1. The lowest BCUT2D eigenvalue weighted by atomic mass is 9.94. The molecule has 2 aromatic rings. The van der Waals surface area contributed by atoms with Gasteiger partial charge in [-0.2, -0.15) is 0 Å². The molecule has 0 unspecified atom stereocenters. The van der Waals surface area contributed by atoms with Crippen molar-refractivity contribution in [2.75, 3.05) is 5.73 Å². The highest BCUT2D eigenvalue weighted by atomic mass is 16.6. The molecule has 0 fully saturated rings. The zero-order valence-electron chi connectivity index (χ0n) is 11.3. The van der Waals surface area contributed by atoms with Crippen LogP contribution in [0.25, 0.3) is 0 Å². The summed E-state index contributed by atoms with van der Waals surface area (Å²) in [5, 5.41) is 11.0. The van der Waals surface area contributed by atoms with Crippen LogP contribution in [0.1, 0.15) is 21.5 Å². The lowest BCUT2D eigenvalue weighted by Gasteiger charge is -2.10. The van der Waals surface area contributed by atoms with Crippen LogP contribution in [0.2, 0.25) is 0 Å². The predicted octanol–water partition coefficient (Wildman–Crippen LogP) is 3.14. The number of hydrogen-bond donors (Lipinski definition) is 1. The monoisotopic (exact) mass is 282 g/mol. The molecule has 2 rings (SSSR count). The molecule has 0 heterocycles. The van der Waals surface area contributed by atoms with Crippen LogP contribution in [0.5, 0.6) is 0 Å². The van der Waals surface area contributed by atoms with Crippen LogP contribution < -0.4 is 5.73 Å². The fourth-order valence-corrected chi connectivity index (χ4v) is 2.10. The molecule has 0 atom stereocenters. The van der Waals surface area contributed by atoms with Crippen molar-refractivity contribution in [3.05, 3.63) is 81.9 Å². The molecule has 0 radical (unpaired) electrons. The molecule has 5 nitrogen and oxygen atoms in total. The van der Waals surface area contributed by atoms with Gasteiger partial charge in [0.15, 0.2) is 5.78 Å². The van der Waals surface area contributed by atoms with Crippen LogP contribution in [0, 0.1) is 10.1 Å². The molecule has 5 heteroatoms. The number of anilines is 1. The molecule has 2 N–H and O–H groups in total. The Labute approximate surface area is 121 Å². The summed E-state index contributed by atoms with van der Waals surface area (Å²) in [6.45, 7) is 3.63. The number of hydrogen-bond acceptors (Lipinski definition) is 4. The topological polar surface area (TPSA) is 86.2 Å². The third-order valence-corrected chi connectivity index (χ3v) is 3.11. The van der Waals surface area contributed by atoms with Crippen LogP contribution in [0.15, 0.2) is 55.1 Å². The first-order valence-electron chi connectivity index (χ1n) is 6.32. The number of carbonyl (C=O) groups excluding carboxylic acids is 1. The number of nitro groups is 1.